The molecule has 134 valence electrons. The molecule has 7 nitrogen and oxygen atoms in total. The third kappa shape index (κ3) is 3.33. The van der Waals surface area contributed by atoms with Gasteiger partial charge in [-0.05, 0) is 45.3 Å². The molecule has 2 aliphatic rings. The number of hydrogen-bond acceptors (Lipinski definition) is 5. The van der Waals surface area contributed by atoms with Gasteiger partial charge >= 0.3 is 0 Å². The smallest absolute Gasteiger partial charge is 0.292 e. The van der Waals surface area contributed by atoms with Crippen LogP contribution in [0.15, 0.2) is 23.1 Å². The highest BCUT2D eigenvalue weighted by atomic mass is 16.3. The van der Waals surface area contributed by atoms with Gasteiger partial charge in [0.15, 0.2) is 6.39 Å². The monoisotopic (exact) mass is 343 g/mol. The van der Waals surface area contributed by atoms with E-state index in [0.29, 0.717) is 18.0 Å². The molecule has 1 unspecified atom stereocenters. The first-order valence-electron chi connectivity index (χ1n) is 9.16. The highest BCUT2D eigenvalue weighted by molar-refractivity contribution is 5.92. The summed E-state index contributed by atoms with van der Waals surface area (Å²) >= 11 is 0. The van der Waals surface area contributed by atoms with Gasteiger partial charge in [0.25, 0.3) is 5.91 Å². The van der Waals surface area contributed by atoms with E-state index in [2.05, 4.69) is 15.0 Å². The van der Waals surface area contributed by atoms with Crippen LogP contribution in [-0.2, 0) is 13.1 Å². The number of piperidine rings is 1. The van der Waals surface area contributed by atoms with E-state index in [4.69, 9.17) is 4.42 Å². The van der Waals surface area contributed by atoms with Crippen LogP contribution < -0.4 is 0 Å². The lowest BCUT2D eigenvalue weighted by Crippen LogP contribution is -2.47. The molecular weight excluding hydrogens is 318 g/mol. The van der Waals surface area contributed by atoms with Gasteiger partial charge in [-0.25, -0.2) is 4.98 Å². The molecule has 1 amide bonds. The molecule has 1 atom stereocenters. The van der Waals surface area contributed by atoms with Crippen LogP contribution in [0, 0.1) is 6.92 Å². The van der Waals surface area contributed by atoms with Crippen LogP contribution in [0.3, 0.4) is 0 Å². The average Bonchev–Trinajstić information content (AvgIpc) is 3.22. The number of oxazole rings is 1. The van der Waals surface area contributed by atoms with Gasteiger partial charge in [0, 0.05) is 25.3 Å². The summed E-state index contributed by atoms with van der Waals surface area (Å²) in [5, 5.41) is 4.40. The van der Waals surface area contributed by atoms with Crippen molar-refractivity contribution in [2.45, 2.75) is 51.7 Å². The molecule has 0 saturated carbocycles. The topological polar surface area (TPSA) is 67.4 Å². The fourth-order valence-electron chi connectivity index (χ4n) is 3.93. The molecule has 1 fully saturated rings. The van der Waals surface area contributed by atoms with E-state index in [1.54, 1.807) is 0 Å². The molecule has 2 aliphatic heterocycles. The molecule has 4 heterocycles. The van der Waals surface area contributed by atoms with Crippen molar-refractivity contribution < 1.29 is 9.21 Å². The van der Waals surface area contributed by atoms with Gasteiger partial charge in [-0.3, -0.25) is 9.48 Å². The second-order valence-electron chi connectivity index (χ2n) is 7.05. The zero-order valence-electron chi connectivity index (χ0n) is 14.7. The number of likely N-dealkylation sites (tertiary alicyclic amines) is 1. The molecule has 0 aliphatic carbocycles. The van der Waals surface area contributed by atoms with E-state index in [0.717, 1.165) is 38.3 Å². The van der Waals surface area contributed by atoms with Gasteiger partial charge in [-0.1, -0.05) is 6.42 Å². The Morgan fingerprint density at radius 3 is 2.88 bits per heavy atom. The second kappa shape index (κ2) is 7.00. The average molecular weight is 343 g/mol. The van der Waals surface area contributed by atoms with Gasteiger partial charge in [-0.15, -0.1) is 0 Å². The number of fused-ring (bicyclic) bond motifs is 1. The quantitative estimate of drug-likeness (QED) is 0.853. The molecule has 0 N–H and O–H groups in total. The Bertz CT molecular complexity index is 731. The summed E-state index contributed by atoms with van der Waals surface area (Å²) in [5.41, 5.74) is 1.73. The standard InChI is InChI=1S/C18H25N5O2/c1-14-17(25-13-19-14)18(24)22-12-16-5-7-20-23(16)10-6-15(22)11-21-8-3-2-4-9-21/h5,7,13,15H,2-4,6,8-12H2,1H3. The Hall–Kier alpha value is -2.15. The normalized spacial score (nSPS) is 21.8. The largest absolute Gasteiger partial charge is 0.438 e. The third-order valence-corrected chi connectivity index (χ3v) is 5.37. The Kier molecular flexibility index (Phi) is 4.57. The molecule has 1 saturated heterocycles. The number of hydrogen-bond donors (Lipinski definition) is 0. The minimum Gasteiger partial charge on any atom is -0.438 e. The third-order valence-electron chi connectivity index (χ3n) is 5.37. The van der Waals surface area contributed by atoms with Crippen molar-refractivity contribution in [3.63, 3.8) is 0 Å². The van der Waals surface area contributed by atoms with E-state index < -0.39 is 0 Å². The minimum atomic E-state index is -0.0633. The van der Waals surface area contributed by atoms with E-state index in [1.165, 1.54) is 25.7 Å². The number of nitrogens with zero attached hydrogens (tertiary/aromatic N) is 5. The molecule has 25 heavy (non-hydrogen) atoms. The summed E-state index contributed by atoms with van der Waals surface area (Å²) in [4.78, 5) is 21.7. The second-order valence-corrected chi connectivity index (χ2v) is 7.05. The van der Waals surface area contributed by atoms with Crippen molar-refractivity contribution in [3.05, 3.63) is 35.8 Å². The summed E-state index contributed by atoms with van der Waals surface area (Å²) in [6.07, 6.45) is 7.89. The van der Waals surface area contributed by atoms with Crippen molar-refractivity contribution >= 4 is 5.91 Å². The lowest BCUT2D eigenvalue weighted by molar-refractivity contribution is 0.0556. The van der Waals surface area contributed by atoms with Gasteiger partial charge in [-0.2, -0.15) is 5.10 Å². The van der Waals surface area contributed by atoms with Crippen molar-refractivity contribution in [1.29, 1.82) is 0 Å². The van der Waals surface area contributed by atoms with Gasteiger partial charge in [0.1, 0.15) is 0 Å². The Balaban J connectivity index is 1.59. The Labute approximate surface area is 147 Å². The number of aromatic nitrogens is 3. The molecule has 4 rings (SSSR count). The predicted molar refractivity (Wildman–Crippen MR) is 92.0 cm³/mol. The first kappa shape index (κ1) is 16.3. The molecule has 7 heteroatoms. The fourth-order valence-corrected chi connectivity index (χ4v) is 3.93. The summed E-state index contributed by atoms with van der Waals surface area (Å²) < 4.78 is 7.41. The van der Waals surface area contributed by atoms with Crippen LogP contribution in [0.5, 0.6) is 0 Å². The van der Waals surface area contributed by atoms with E-state index in [1.807, 2.05) is 28.8 Å². The summed E-state index contributed by atoms with van der Waals surface area (Å²) in [6, 6.07) is 2.16. The highest BCUT2D eigenvalue weighted by Gasteiger charge is 2.32. The summed E-state index contributed by atoms with van der Waals surface area (Å²) in [5.74, 6) is 0.295. The fraction of sp³-hybridized carbons (Fsp3) is 0.611. The number of carbonyl (C=O) groups is 1. The van der Waals surface area contributed by atoms with Gasteiger partial charge in [0.05, 0.1) is 17.9 Å². The first-order chi connectivity index (χ1) is 12.2. The number of aryl methyl sites for hydroxylation is 2. The van der Waals surface area contributed by atoms with Crippen molar-refractivity contribution in [2.24, 2.45) is 0 Å². The molecule has 0 bridgehead atoms. The molecule has 2 aromatic rings. The van der Waals surface area contributed by atoms with Crippen molar-refractivity contribution in [1.82, 2.24) is 24.6 Å². The van der Waals surface area contributed by atoms with Gasteiger partial charge < -0.3 is 14.2 Å². The summed E-state index contributed by atoms with van der Waals surface area (Å²) in [6.45, 7) is 6.41. The van der Waals surface area contributed by atoms with Crippen LogP contribution in [0.4, 0.5) is 0 Å². The minimum absolute atomic E-state index is 0.0633. The SMILES string of the molecule is Cc1ncoc1C(=O)N1Cc2ccnn2CCC1CN1CCCCC1. The maximum Gasteiger partial charge on any atom is 0.292 e. The van der Waals surface area contributed by atoms with E-state index in [-0.39, 0.29) is 11.9 Å². The van der Waals surface area contributed by atoms with Crippen molar-refractivity contribution in [2.75, 3.05) is 19.6 Å². The zero-order chi connectivity index (χ0) is 17.2. The molecule has 2 aromatic heterocycles. The Morgan fingerprint density at radius 1 is 1.28 bits per heavy atom. The lowest BCUT2D eigenvalue weighted by Gasteiger charge is -2.35. The van der Waals surface area contributed by atoms with Crippen LogP contribution in [0.1, 0.15) is 47.6 Å². The molecular formula is C18H25N5O2. The number of amides is 1. The number of rotatable bonds is 3. The van der Waals surface area contributed by atoms with Crippen molar-refractivity contribution in [3.8, 4) is 0 Å². The number of carbonyl (C=O) groups excluding carboxylic acids is 1. The molecule has 0 aromatic carbocycles. The summed E-state index contributed by atoms with van der Waals surface area (Å²) in [7, 11) is 0. The van der Waals surface area contributed by atoms with Gasteiger partial charge in [0.2, 0.25) is 5.76 Å². The van der Waals surface area contributed by atoms with Crippen LogP contribution in [0.2, 0.25) is 0 Å². The van der Waals surface area contributed by atoms with Crippen LogP contribution in [0.25, 0.3) is 0 Å². The lowest BCUT2D eigenvalue weighted by atomic mass is 10.1. The van der Waals surface area contributed by atoms with E-state index in [9.17, 15) is 4.79 Å². The maximum atomic E-state index is 13.2. The molecule has 0 radical (unpaired) electrons. The first-order valence-corrected chi connectivity index (χ1v) is 9.16. The predicted octanol–water partition coefficient (Wildman–Crippen LogP) is 2.08. The maximum absolute atomic E-state index is 13.2. The molecule has 0 spiro atoms. The van der Waals surface area contributed by atoms with Crippen LogP contribution in [-0.4, -0.2) is 56.1 Å². The Morgan fingerprint density at radius 2 is 2.12 bits per heavy atom. The van der Waals surface area contributed by atoms with Crippen LogP contribution >= 0.6 is 0 Å². The highest BCUT2D eigenvalue weighted by Crippen LogP contribution is 2.23. The van der Waals surface area contributed by atoms with E-state index >= 15 is 0 Å². The zero-order valence-corrected chi connectivity index (χ0v) is 14.7.